The summed E-state index contributed by atoms with van der Waals surface area (Å²) in [4.78, 5) is 18.0. The molecule has 1 amide bonds. The van der Waals surface area contributed by atoms with Gasteiger partial charge >= 0.3 is 6.09 Å². The summed E-state index contributed by atoms with van der Waals surface area (Å²) in [5.41, 5.74) is 1.79. The van der Waals surface area contributed by atoms with Crippen LogP contribution < -0.4 is 19.3 Å². The van der Waals surface area contributed by atoms with Crippen LogP contribution in [-0.4, -0.2) is 69.1 Å². The van der Waals surface area contributed by atoms with E-state index in [9.17, 15) is 9.90 Å². The number of hydrogen-bond donors (Lipinski definition) is 1. The molecule has 1 aliphatic rings. The summed E-state index contributed by atoms with van der Waals surface area (Å²) in [7, 11) is 1.68. The summed E-state index contributed by atoms with van der Waals surface area (Å²) in [6, 6.07) is 15.5. The topological polar surface area (TPSA) is 65.5 Å². The van der Waals surface area contributed by atoms with Gasteiger partial charge in [-0.05, 0) is 44.2 Å². The van der Waals surface area contributed by atoms with Gasteiger partial charge in [0.25, 0.3) is 0 Å². The fraction of sp³-hybridized carbons (Fsp3) is 0.435. The third-order valence-corrected chi connectivity index (χ3v) is 5.33. The van der Waals surface area contributed by atoms with Gasteiger partial charge in [0.2, 0.25) is 0 Å². The van der Waals surface area contributed by atoms with E-state index in [0.29, 0.717) is 24.6 Å². The van der Waals surface area contributed by atoms with Crippen molar-refractivity contribution in [2.75, 3.05) is 62.8 Å². The summed E-state index contributed by atoms with van der Waals surface area (Å²) < 4.78 is 10.9. The van der Waals surface area contributed by atoms with E-state index in [-0.39, 0.29) is 0 Å². The second-order valence-corrected chi connectivity index (χ2v) is 7.22. The van der Waals surface area contributed by atoms with Crippen molar-refractivity contribution in [1.82, 2.24) is 4.90 Å². The Bertz CT molecular complexity index is 822. The largest absolute Gasteiger partial charge is 0.497 e. The van der Waals surface area contributed by atoms with Gasteiger partial charge in [0, 0.05) is 44.5 Å². The lowest BCUT2D eigenvalue weighted by molar-refractivity contribution is 0.200. The van der Waals surface area contributed by atoms with Crippen molar-refractivity contribution in [2.24, 2.45) is 0 Å². The second-order valence-electron chi connectivity index (χ2n) is 7.22. The molecule has 1 N–H and O–H groups in total. The molecular formula is C23H31N3O4. The molecule has 7 nitrogen and oxygen atoms in total. The standard InChI is InChI=1S/C23H31N3O4/c1-3-30-22-11-5-4-10-21(22)26(23(27)28)13-7-12-24-14-16-25(17-15-24)19-8-6-9-20(18-19)29-2/h4-6,8-11,18H,3,7,12-17H2,1-2H3,(H,27,28). The zero-order valence-electron chi connectivity index (χ0n) is 17.8. The van der Waals surface area contributed by atoms with Crippen LogP contribution in [0.4, 0.5) is 16.2 Å². The van der Waals surface area contributed by atoms with Crippen molar-refractivity contribution in [3.05, 3.63) is 48.5 Å². The van der Waals surface area contributed by atoms with Crippen molar-refractivity contribution in [3.63, 3.8) is 0 Å². The molecule has 0 aromatic heterocycles. The van der Waals surface area contributed by atoms with Crippen LogP contribution in [0.15, 0.2) is 48.5 Å². The van der Waals surface area contributed by atoms with Gasteiger partial charge in [-0.2, -0.15) is 0 Å². The Hall–Kier alpha value is -2.93. The van der Waals surface area contributed by atoms with Crippen molar-refractivity contribution < 1.29 is 19.4 Å². The molecule has 7 heteroatoms. The lowest BCUT2D eigenvalue weighted by Gasteiger charge is -2.36. The number of benzene rings is 2. The number of anilines is 2. The van der Waals surface area contributed by atoms with Crippen molar-refractivity contribution in [3.8, 4) is 11.5 Å². The van der Waals surface area contributed by atoms with Gasteiger partial charge in [-0.15, -0.1) is 0 Å². The first-order valence-corrected chi connectivity index (χ1v) is 10.5. The minimum atomic E-state index is -0.954. The number of amides is 1. The smallest absolute Gasteiger partial charge is 0.411 e. The van der Waals surface area contributed by atoms with Crippen LogP contribution in [-0.2, 0) is 0 Å². The molecular weight excluding hydrogens is 382 g/mol. The average Bonchev–Trinajstić information content (AvgIpc) is 2.78. The van der Waals surface area contributed by atoms with E-state index in [1.54, 1.807) is 13.2 Å². The summed E-state index contributed by atoms with van der Waals surface area (Å²) >= 11 is 0. The first-order chi connectivity index (χ1) is 14.6. The third-order valence-electron chi connectivity index (χ3n) is 5.33. The molecule has 1 aliphatic heterocycles. The number of nitrogens with zero attached hydrogens (tertiary/aromatic N) is 3. The van der Waals surface area contributed by atoms with E-state index in [4.69, 9.17) is 9.47 Å². The van der Waals surface area contributed by atoms with Gasteiger partial charge in [0.05, 0.1) is 19.4 Å². The summed E-state index contributed by atoms with van der Waals surface area (Å²) in [5, 5.41) is 9.70. The maximum absolute atomic E-state index is 11.8. The van der Waals surface area contributed by atoms with Crippen molar-refractivity contribution in [1.29, 1.82) is 0 Å². The highest BCUT2D eigenvalue weighted by molar-refractivity contribution is 5.88. The van der Waals surface area contributed by atoms with E-state index >= 15 is 0 Å². The molecule has 30 heavy (non-hydrogen) atoms. The Kier molecular flexibility index (Phi) is 7.79. The van der Waals surface area contributed by atoms with E-state index in [1.807, 2.05) is 37.3 Å². The fourth-order valence-corrected chi connectivity index (χ4v) is 3.77. The monoisotopic (exact) mass is 413 g/mol. The van der Waals surface area contributed by atoms with Gasteiger partial charge in [-0.25, -0.2) is 4.79 Å². The number of ether oxygens (including phenoxy) is 2. The average molecular weight is 414 g/mol. The molecule has 0 radical (unpaired) electrons. The quantitative estimate of drug-likeness (QED) is 0.675. The zero-order chi connectivity index (χ0) is 21.3. The number of piperazine rings is 1. The maximum Gasteiger partial charge on any atom is 0.411 e. The molecule has 3 rings (SSSR count). The van der Waals surface area contributed by atoms with Crippen LogP contribution in [0, 0.1) is 0 Å². The lowest BCUT2D eigenvalue weighted by Crippen LogP contribution is -2.47. The zero-order valence-corrected chi connectivity index (χ0v) is 17.8. The highest BCUT2D eigenvalue weighted by Gasteiger charge is 2.20. The number of methoxy groups -OCH3 is 1. The van der Waals surface area contributed by atoms with Crippen LogP contribution in [0.2, 0.25) is 0 Å². The molecule has 0 spiro atoms. The molecule has 1 heterocycles. The highest BCUT2D eigenvalue weighted by atomic mass is 16.5. The minimum absolute atomic E-state index is 0.440. The first-order valence-electron chi connectivity index (χ1n) is 10.5. The van der Waals surface area contributed by atoms with Crippen LogP contribution in [0.3, 0.4) is 0 Å². The minimum Gasteiger partial charge on any atom is -0.497 e. The van der Waals surface area contributed by atoms with Crippen LogP contribution in [0.5, 0.6) is 11.5 Å². The van der Waals surface area contributed by atoms with Gasteiger partial charge in [0.1, 0.15) is 11.5 Å². The molecule has 162 valence electrons. The highest BCUT2D eigenvalue weighted by Crippen LogP contribution is 2.28. The van der Waals surface area contributed by atoms with Crippen LogP contribution in [0.25, 0.3) is 0 Å². The molecule has 0 saturated carbocycles. The van der Waals surface area contributed by atoms with Crippen LogP contribution >= 0.6 is 0 Å². The van der Waals surface area contributed by atoms with E-state index in [2.05, 4.69) is 21.9 Å². The number of hydrogen-bond acceptors (Lipinski definition) is 5. The molecule has 0 atom stereocenters. The predicted molar refractivity (Wildman–Crippen MR) is 119 cm³/mol. The normalized spacial score (nSPS) is 14.4. The molecule has 0 aliphatic carbocycles. The second kappa shape index (κ2) is 10.7. The number of para-hydroxylation sites is 2. The van der Waals surface area contributed by atoms with Crippen LogP contribution in [0.1, 0.15) is 13.3 Å². The lowest BCUT2D eigenvalue weighted by atomic mass is 10.2. The van der Waals surface area contributed by atoms with E-state index < -0.39 is 6.09 Å². The number of rotatable bonds is 9. The molecule has 2 aromatic carbocycles. The summed E-state index contributed by atoms with van der Waals surface area (Å²) in [6.07, 6.45) is -0.184. The molecule has 1 saturated heterocycles. The van der Waals surface area contributed by atoms with Crippen molar-refractivity contribution in [2.45, 2.75) is 13.3 Å². The van der Waals surface area contributed by atoms with Gasteiger partial charge < -0.3 is 19.5 Å². The Labute approximate surface area is 178 Å². The van der Waals surface area contributed by atoms with E-state index in [1.165, 1.54) is 10.6 Å². The van der Waals surface area contributed by atoms with Gasteiger partial charge in [0.15, 0.2) is 0 Å². The van der Waals surface area contributed by atoms with E-state index in [0.717, 1.165) is 44.9 Å². The summed E-state index contributed by atoms with van der Waals surface area (Å²) in [6.45, 7) is 7.52. The first kappa shape index (κ1) is 21.8. The van der Waals surface area contributed by atoms with Gasteiger partial charge in [-0.1, -0.05) is 18.2 Å². The maximum atomic E-state index is 11.8. The molecule has 1 fully saturated rings. The van der Waals surface area contributed by atoms with Crippen molar-refractivity contribution >= 4 is 17.5 Å². The SMILES string of the molecule is CCOc1ccccc1N(CCCN1CCN(c2cccc(OC)c2)CC1)C(=O)O. The Morgan fingerprint density at radius 1 is 1.10 bits per heavy atom. The number of carbonyl (C=O) groups is 1. The predicted octanol–water partition coefficient (Wildman–Crippen LogP) is 3.79. The fourth-order valence-electron chi connectivity index (χ4n) is 3.77. The summed E-state index contributed by atoms with van der Waals surface area (Å²) in [5.74, 6) is 1.48. The Morgan fingerprint density at radius 3 is 2.57 bits per heavy atom. The third kappa shape index (κ3) is 5.57. The number of carboxylic acid groups (broad SMARTS) is 1. The molecule has 2 aromatic rings. The molecule has 0 unspecified atom stereocenters. The molecule has 0 bridgehead atoms. The van der Waals surface area contributed by atoms with Gasteiger partial charge in [-0.3, -0.25) is 9.80 Å². The Morgan fingerprint density at radius 2 is 1.87 bits per heavy atom. The Balaban J connectivity index is 1.50.